The smallest absolute Gasteiger partial charge is 0.122 e. The van der Waals surface area contributed by atoms with Crippen molar-refractivity contribution in [1.29, 1.82) is 0 Å². The zero-order chi connectivity index (χ0) is 13.8. The molecule has 1 aromatic carbocycles. The van der Waals surface area contributed by atoms with E-state index in [9.17, 15) is 0 Å². The third-order valence-corrected chi connectivity index (χ3v) is 3.40. The molecule has 0 aliphatic carbocycles. The molecule has 100 valence electrons. The van der Waals surface area contributed by atoms with Crippen LogP contribution < -0.4 is 10.5 Å². The average molecular weight is 277 g/mol. The van der Waals surface area contributed by atoms with Crippen molar-refractivity contribution in [3.63, 3.8) is 0 Å². The Kier molecular flexibility index (Phi) is 4.40. The van der Waals surface area contributed by atoms with Crippen molar-refractivity contribution < 1.29 is 4.74 Å². The van der Waals surface area contributed by atoms with Crippen molar-refractivity contribution in [3.05, 3.63) is 58.4 Å². The standard InChI is InChI=1S/C15H17ClN2O/c1-10-5-6-18-9-13(10)14(17)8-11-7-12(16)3-4-15(11)19-2/h3-7,9,14H,8,17H2,1-2H3. The Bertz CT molecular complexity index is 572. The van der Waals surface area contributed by atoms with Crippen LogP contribution in [0, 0.1) is 6.92 Å². The van der Waals surface area contributed by atoms with Crippen molar-refractivity contribution >= 4 is 11.6 Å². The molecule has 1 aromatic heterocycles. The van der Waals surface area contributed by atoms with Gasteiger partial charge in [0, 0.05) is 23.5 Å². The molecule has 0 radical (unpaired) electrons. The molecule has 0 fully saturated rings. The fourth-order valence-corrected chi connectivity index (χ4v) is 2.31. The van der Waals surface area contributed by atoms with Gasteiger partial charge in [0.05, 0.1) is 7.11 Å². The number of hydrogen-bond acceptors (Lipinski definition) is 3. The Balaban J connectivity index is 2.26. The van der Waals surface area contributed by atoms with Crippen LogP contribution in [0.3, 0.4) is 0 Å². The molecule has 0 aliphatic heterocycles. The summed E-state index contributed by atoms with van der Waals surface area (Å²) in [7, 11) is 1.65. The maximum atomic E-state index is 6.26. The van der Waals surface area contributed by atoms with E-state index in [-0.39, 0.29) is 6.04 Å². The first-order valence-electron chi connectivity index (χ1n) is 6.10. The first-order valence-corrected chi connectivity index (χ1v) is 6.48. The number of aromatic nitrogens is 1. The summed E-state index contributed by atoms with van der Waals surface area (Å²) in [5, 5.41) is 0.686. The van der Waals surface area contributed by atoms with E-state index in [2.05, 4.69) is 4.98 Å². The third-order valence-electron chi connectivity index (χ3n) is 3.16. The lowest BCUT2D eigenvalue weighted by Crippen LogP contribution is -2.15. The van der Waals surface area contributed by atoms with Crippen LogP contribution in [-0.4, -0.2) is 12.1 Å². The number of nitrogens with zero attached hydrogens (tertiary/aromatic N) is 1. The zero-order valence-corrected chi connectivity index (χ0v) is 11.8. The number of hydrogen-bond donors (Lipinski definition) is 1. The van der Waals surface area contributed by atoms with Gasteiger partial charge in [-0.1, -0.05) is 11.6 Å². The van der Waals surface area contributed by atoms with Crippen LogP contribution in [0.5, 0.6) is 5.75 Å². The van der Waals surface area contributed by atoms with E-state index in [1.165, 1.54) is 0 Å². The summed E-state index contributed by atoms with van der Waals surface area (Å²) in [6.45, 7) is 2.03. The molecular formula is C15H17ClN2O. The highest BCUT2D eigenvalue weighted by atomic mass is 35.5. The molecule has 0 aliphatic rings. The van der Waals surface area contributed by atoms with E-state index in [0.717, 1.165) is 22.4 Å². The second kappa shape index (κ2) is 6.04. The average Bonchev–Trinajstić information content (AvgIpc) is 2.39. The Hall–Kier alpha value is -1.58. The molecule has 0 amide bonds. The van der Waals surface area contributed by atoms with Crippen LogP contribution in [0.2, 0.25) is 5.02 Å². The molecule has 19 heavy (non-hydrogen) atoms. The summed E-state index contributed by atoms with van der Waals surface area (Å²) < 4.78 is 5.34. The van der Waals surface area contributed by atoms with Gasteiger partial charge in [-0.25, -0.2) is 0 Å². The first kappa shape index (κ1) is 13.8. The van der Waals surface area contributed by atoms with Gasteiger partial charge in [0.15, 0.2) is 0 Å². The molecule has 0 spiro atoms. The van der Waals surface area contributed by atoms with Gasteiger partial charge in [-0.15, -0.1) is 0 Å². The van der Waals surface area contributed by atoms with E-state index >= 15 is 0 Å². The fraction of sp³-hybridized carbons (Fsp3) is 0.267. The molecule has 0 saturated carbocycles. The maximum absolute atomic E-state index is 6.26. The van der Waals surface area contributed by atoms with Gasteiger partial charge in [-0.05, 0) is 54.3 Å². The van der Waals surface area contributed by atoms with Crippen molar-refractivity contribution in [2.45, 2.75) is 19.4 Å². The molecule has 1 heterocycles. The largest absolute Gasteiger partial charge is 0.496 e. The SMILES string of the molecule is COc1ccc(Cl)cc1CC(N)c1cnccc1C. The quantitative estimate of drug-likeness (QED) is 0.932. The lowest BCUT2D eigenvalue weighted by atomic mass is 9.97. The van der Waals surface area contributed by atoms with Crippen molar-refractivity contribution in [1.82, 2.24) is 4.98 Å². The van der Waals surface area contributed by atoms with E-state index in [4.69, 9.17) is 22.1 Å². The molecule has 0 saturated heterocycles. The zero-order valence-electron chi connectivity index (χ0n) is 11.1. The molecule has 3 nitrogen and oxygen atoms in total. The maximum Gasteiger partial charge on any atom is 0.122 e. The molecule has 0 bridgehead atoms. The summed E-state index contributed by atoms with van der Waals surface area (Å²) in [5.41, 5.74) is 9.46. The van der Waals surface area contributed by atoms with Gasteiger partial charge >= 0.3 is 0 Å². The van der Waals surface area contributed by atoms with Crippen molar-refractivity contribution in [2.24, 2.45) is 5.73 Å². The minimum absolute atomic E-state index is 0.124. The third kappa shape index (κ3) is 3.25. The van der Waals surface area contributed by atoms with Crippen LogP contribution in [0.1, 0.15) is 22.7 Å². The predicted octanol–water partition coefficient (Wildman–Crippen LogP) is 3.29. The Labute approximate surface area is 118 Å². The summed E-state index contributed by atoms with van der Waals surface area (Å²) in [4.78, 5) is 4.13. The number of rotatable bonds is 4. The monoisotopic (exact) mass is 276 g/mol. The van der Waals surface area contributed by atoms with Crippen LogP contribution in [0.15, 0.2) is 36.7 Å². The first-order chi connectivity index (χ1) is 9.11. The molecule has 4 heteroatoms. The highest BCUT2D eigenvalue weighted by molar-refractivity contribution is 6.30. The molecule has 2 N–H and O–H groups in total. The number of benzene rings is 1. The molecule has 2 rings (SSSR count). The van der Waals surface area contributed by atoms with E-state index in [0.29, 0.717) is 11.4 Å². The van der Waals surface area contributed by atoms with Crippen LogP contribution >= 0.6 is 11.6 Å². The molecule has 1 atom stereocenters. The van der Waals surface area contributed by atoms with Crippen LogP contribution in [-0.2, 0) is 6.42 Å². The van der Waals surface area contributed by atoms with Crippen molar-refractivity contribution in [2.75, 3.05) is 7.11 Å². The highest BCUT2D eigenvalue weighted by Gasteiger charge is 2.13. The van der Waals surface area contributed by atoms with Gasteiger partial charge in [-0.2, -0.15) is 0 Å². The van der Waals surface area contributed by atoms with Crippen LogP contribution in [0.25, 0.3) is 0 Å². The summed E-state index contributed by atoms with van der Waals surface area (Å²) >= 11 is 6.03. The number of aryl methyl sites for hydroxylation is 1. The van der Waals surface area contributed by atoms with Crippen LogP contribution in [0.4, 0.5) is 0 Å². The lowest BCUT2D eigenvalue weighted by molar-refractivity contribution is 0.408. The predicted molar refractivity (Wildman–Crippen MR) is 77.6 cm³/mol. The number of pyridine rings is 1. The van der Waals surface area contributed by atoms with Gasteiger partial charge in [0.25, 0.3) is 0 Å². The minimum Gasteiger partial charge on any atom is -0.496 e. The molecule has 2 aromatic rings. The molecular weight excluding hydrogens is 260 g/mol. The summed E-state index contributed by atoms with van der Waals surface area (Å²) in [6.07, 6.45) is 4.25. The second-order valence-corrected chi connectivity index (χ2v) is 4.94. The topological polar surface area (TPSA) is 48.1 Å². The lowest BCUT2D eigenvalue weighted by Gasteiger charge is -2.16. The Morgan fingerprint density at radius 2 is 2.16 bits per heavy atom. The van der Waals surface area contributed by atoms with E-state index in [1.807, 2.05) is 37.4 Å². The number of ether oxygens (including phenoxy) is 1. The summed E-state index contributed by atoms with van der Waals surface area (Å²) in [6, 6.07) is 7.41. The normalized spacial score (nSPS) is 12.2. The second-order valence-electron chi connectivity index (χ2n) is 4.50. The van der Waals surface area contributed by atoms with Crippen molar-refractivity contribution in [3.8, 4) is 5.75 Å². The Morgan fingerprint density at radius 3 is 2.84 bits per heavy atom. The van der Waals surface area contributed by atoms with Gasteiger partial charge in [-0.3, -0.25) is 4.98 Å². The number of methoxy groups -OCH3 is 1. The van der Waals surface area contributed by atoms with E-state index < -0.39 is 0 Å². The Morgan fingerprint density at radius 1 is 1.37 bits per heavy atom. The summed E-state index contributed by atoms with van der Waals surface area (Å²) in [5.74, 6) is 0.807. The van der Waals surface area contributed by atoms with Gasteiger partial charge < -0.3 is 10.5 Å². The fourth-order valence-electron chi connectivity index (χ4n) is 2.12. The minimum atomic E-state index is -0.124. The molecule has 1 unspecified atom stereocenters. The highest BCUT2D eigenvalue weighted by Crippen LogP contribution is 2.27. The van der Waals surface area contributed by atoms with Gasteiger partial charge in [0.2, 0.25) is 0 Å². The number of halogens is 1. The number of nitrogens with two attached hydrogens (primary N) is 1. The van der Waals surface area contributed by atoms with Gasteiger partial charge in [0.1, 0.15) is 5.75 Å². The van der Waals surface area contributed by atoms with E-state index in [1.54, 1.807) is 13.3 Å².